The lowest BCUT2D eigenvalue weighted by molar-refractivity contribution is 0.0936. The molecule has 1 heterocycles. The van der Waals surface area contributed by atoms with Crippen LogP contribution in [0, 0.1) is 0 Å². The molecule has 5 heteroatoms. The van der Waals surface area contributed by atoms with Crippen LogP contribution in [0.1, 0.15) is 35.8 Å². The highest BCUT2D eigenvalue weighted by molar-refractivity contribution is 5.96. The van der Waals surface area contributed by atoms with Crippen molar-refractivity contribution in [3.8, 4) is 5.75 Å². The van der Waals surface area contributed by atoms with E-state index in [4.69, 9.17) is 9.15 Å². The number of carbonyl (C=O) groups is 1. The van der Waals surface area contributed by atoms with Gasteiger partial charge in [0.2, 0.25) is 0 Å². The van der Waals surface area contributed by atoms with Gasteiger partial charge in [-0.25, -0.2) is 4.79 Å². The monoisotopic (exact) mass is 337 g/mol. The minimum absolute atomic E-state index is 0.0144. The van der Waals surface area contributed by atoms with Gasteiger partial charge in [0.25, 0.3) is 5.91 Å². The van der Waals surface area contributed by atoms with Crippen LogP contribution in [0.25, 0.3) is 11.0 Å². The maximum absolute atomic E-state index is 12.5. The lowest BCUT2D eigenvalue weighted by Crippen LogP contribution is -2.30. The summed E-state index contributed by atoms with van der Waals surface area (Å²) in [6.45, 7) is 4.26. The minimum atomic E-state index is -0.668. The first-order valence-corrected chi connectivity index (χ1v) is 8.15. The number of hydrogen-bond donors (Lipinski definition) is 1. The van der Waals surface area contributed by atoms with Gasteiger partial charge in [-0.05, 0) is 37.6 Å². The van der Waals surface area contributed by atoms with Crippen LogP contribution in [0.3, 0.4) is 0 Å². The molecule has 25 heavy (non-hydrogen) atoms. The third kappa shape index (κ3) is 3.71. The molecular formula is C20H19NO4. The predicted octanol–water partition coefficient (Wildman–Crippen LogP) is 3.68. The fraction of sp³-hybridized carbons (Fsp3) is 0.200. The van der Waals surface area contributed by atoms with Crippen molar-refractivity contribution in [3.63, 3.8) is 0 Å². The van der Waals surface area contributed by atoms with Crippen LogP contribution in [0.2, 0.25) is 0 Å². The van der Waals surface area contributed by atoms with Crippen LogP contribution in [-0.2, 0) is 0 Å². The summed E-state index contributed by atoms with van der Waals surface area (Å²) in [6, 6.07) is 16.1. The van der Waals surface area contributed by atoms with E-state index in [1.807, 2.05) is 44.2 Å². The van der Waals surface area contributed by atoms with Crippen LogP contribution in [0.4, 0.5) is 0 Å². The van der Waals surface area contributed by atoms with E-state index in [2.05, 4.69) is 5.32 Å². The Morgan fingerprint density at radius 3 is 2.64 bits per heavy atom. The van der Waals surface area contributed by atoms with Crippen molar-refractivity contribution in [1.82, 2.24) is 5.32 Å². The fourth-order valence-electron chi connectivity index (χ4n) is 2.61. The van der Waals surface area contributed by atoms with Gasteiger partial charge in [0.1, 0.15) is 16.9 Å². The van der Waals surface area contributed by atoms with E-state index in [1.54, 1.807) is 24.3 Å². The van der Waals surface area contributed by atoms with E-state index >= 15 is 0 Å². The van der Waals surface area contributed by atoms with E-state index in [9.17, 15) is 9.59 Å². The van der Waals surface area contributed by atoms with E-state index in [0.29, 0.717) is 23.3 Å². The topological polar surface area (TPSA) is 68.5 Å². The summed E-state index contributed by atoms with van der Waals surface area (Å²) >= 11 is 0. The second-order valence-electron chi connectivity index (χ2n) is 5.69. The van der Waals surface area contributed by atoms with E-state index < -0.39 is 11.5 Å². The Balaban J connectivity index is 1.87. The lowest BCUT2D eigenvalue weighted by Gasteiger charge is -2.14. The summed E-state index contributed by atoms with van der Waals surface area (Å²) < 4.78 is 10.7. The van der Waals surface area contributed by atoms with Crippen LogP contribution >= 0.6 is 0 Å². The van der Waals surface area contributed by atoms with Gasteiger partial charge in [0, 0.05) is 11.5 Å². The lowest BCUT2D eigenvalue weighted by atomic mass is 10.1. The Kier molecular flexibility index (Phi) is 4.84. The highest BCUT2D eigenvalue weighted by Crippen LogP contribution is 2.21. The summed E-state index contributed by atoms with van der Waals surface area (Å²) in [7, 11) is 0. The number of rotatable bonds is 5. The van der Waals surface area contributed by atoms with E-state index in [1.165, 1.54) is 0 Å². The molecule has 0 saturated heterocycles. The number of ether oxygens (including phenoxy) is 1. The average molecular weight is 337 g/mol. The van der Waals surface area contributed by atoms with Crippen molar-refractivity contribution in [2.24, 2.45) is 0 Å². The number of carbonyl (C=O) groups excluding carboxylic acids is 1. The van der Waals surface area contributed by atoms with Crippen LogP contribution < -0.4 is 15.7 Å². The van der Waals surface area contributed by atoms with Crippen molar-refractivity contribution in [1.29, 1.82) is 0 Å². The molecule has 0 bridgehead atoms. The van der Waals surface area contributed by atoms with Crippen LogP contribution in [0.15, 0.2) is 63.8 Å². The minimum Gasteiger partial charge on any atom is -0.494 e. The maximum atomic E-state index is 12.5. The summed E-state index contributed by atoms with van der Waals surface area (Å²) in [5.74, 6) is 0.161. The zero-order valence-corrected chi connectivity index (χ0v) is 14.1. The molecule has 0 aliphatic carbocycles. The summed E-state index contributed by atoms with van der Waals surface area (Å²) in [5.41, 5.74) is 0.671. The molecule has 3 rings (SSSR count). The third-order valence-corrected chi connectivity index (χ3v) is 3.91. The molecule has 5 nitrogen and oxygen atoms in total. The van der Waals surface area contributed by atoms with Gasteiger partial charge in [-0.1, -0.05) is 30.3 Å². The molecule has 1 N–H and O–H groups in total. The molecule has 0 saturated carbocycles. The van der Waals surface area contributed by atoms with Crippen molar-refractivity contribution < 1.29 is 13.9 Å². The van der Waals surface area contributed by atoms with Gasteiger partial charge in [-0.2, -0.15) is 0 Å². The second kappa shape index (κ2) is 7.21. The molecule has 0 spiro atoms. The SMILES string of the molecule is CCOc1ccc2cc(C(=O)NC(C)c3ccccc3)c(=O)oc2c1. The molecule has 1 aromatic heterocycles. The third-order valence-electron chi connectivity index (χ3n) is 3.91. The number of nitrogens with one attached hydrogen (secondary N) is 1. The Labute approximate surface area is 145 Å². The average Bonchev–Trinajstić information content (AvgIpc) is 2.62. The molecule has 3 aromatic rings. The summed E-state index contributed by atoms with van der Waals surface area (Å²) in [6.07, 6.45) is 0. The number of benzene rings is 2. The van der Waals surface area contributed by atoms with Gasteiger partial charge in [-0.3, -0.25) is 4.79 Å². The quantitative estimate of drug-likeness (QED) is 0.721. The van der Waals surface area contributed by atoms with Crippen molar-refractivity contribution >= 4 is 16.9 Å². The Bertz CT molecular complexity index is 947. The number of amides is 1. The van der Waals surface area contributed by atoms with E-state index in [0.717, 1.165) is 5.56 Å². The van der Waals surface area contributed by atoms with Gasteiger partial charge >= 0.3 is 5.63 Å². The molecule has 1 atom stereocenters. The Hall–Kier alpha value is -3.08. The molecule has 0 aliphatic heterocycles. The molecule has 0 fully saturated rings. The van der Waals surface area contributed by atoms with Gasteiger partial charge in [0.05, 0.1) is 12.6 Å². The van der Waals surface area contributed by atoms with Gasteiger partial charge < -0.3 is 14.5 Å². The molecule has 1 amide bonds. The molecule has 1 unspecified atom stereocenters. The highest BCUT2D eigenvalue weighted by atomic mass is 16.5. The van der Waals surface area contributed by atoms with Crippen molar-refractivity contribution in [3.05, 3.63) is 76.1 Å². The van der Waals surface area contributed by atoms with Gasteiger partial charge in [-0.15, -0.1) is 0 Å². The normalized spacial score (nSPS) is 11.9. The molecule has 128 valence electrons. The fourth-order valence-corrected chi connectivity index (χ4v) is 2.61. The number of fused-ring (bicyclic) bond motifs is 1. The standard InChI is InChI=1S/C20H19NO4/c1-3-24-16-10-9-15-11-17(20(23)25-18(15)12-16)19(22)21-13(2)14-7-5-4-6-8-14/h4-13H,3H2,1-2H3,(H,21,22). The van der Waals surface area contributed by atoms with Crippen LogP contribution in [0.5, 0.6) is 5.75 Å². The first kappa shape index (κ1) is 16.8. The second-order valence-corrected chi connectivity index (χ2v) is 5.69. The van der Waals surface area contributed by atoms with Crippen molar-refractivity contribution in [2.75, 3.05) is 6.61 Å². The first-order chi connectivity index (χ1) is 12.1. The van der Waals surface area contributed by atoms with E-state index in [-0.39, 0.29) is 11.6 Å². The zero-order valence-electron chi connectivity index (χ0n) is 14.1. The summed E-state index contributed by atoms with van der Waals surface area (Å²) in [4.78, 5) is 24.7. The molecule has 2 aromatic carbocycles. The molecule has 0 aliphatic rings. The van der Waals surface area contributed by atoms with Gasteiger partial charge in [0.15, 0.2) is 0 Å². The first-order valence-electron chi connectivity index (χ1n) is 8.15. The Morgan fingerprint density at radius 1 is 1.16 bits per heavy atom. The van der Waals surface area contributed by atoms with Crippen LogP contribution in [-0.4, -0.2) is 12.5 Å². The highest BCUT2D eigenvalue weighted by Gasteiger charge is 2.17. The molecular weight excluding hydrogens is 318 g/mol. The zero-order chi connectivity index (χ0) is 17.8. The smallest absolute Gasteiger partial charge is 0.349 e. The van der Waals surface area contributed by atoms with Crippen molar-refractivity contribution in [2.45, 2.75) is 19.9 Å². The number of hydrogen-bond acceptors (Lipinski definition) is 4. The molecule has 0 radical (unpaired) electrons. The largest absolute Gasteiger partial charge is 0.494 e. The summed E-state index contributed by atoms with van der Waals surface area (Å²) in [5, 5.41) is 3.49. The maximum Gasteiger partial charge on any atom is 0.349 e. The predicted molar refractivity (Wildman–Crippen MR) is 96.0 cm³/mol. The Morgan fingerprint density at radius 2 is 1.92 bits per heavy atom.